The molecule has 0 saturated carbocycles. The fourth-order valence-electron chi connectivity index (χ4n) is 0.699. The molecule has 0 bridgehead atoms. The second-order valence-corrected chi connectivity index (χ2v) is 2.33. The molecule has 0 aromatic heterocycles. The van der Waals surface area contributed by atoms with Gasteiger partial charge in [0.25, 0.3) is 0 Å². The maximum Gasteiger partial charge on any atom is 0.404 e. The molecule has 0 amide bonds. The van der Waals surface area contributed by atoms with E-state index in [1.54, 1.807) is 0 Å². The van der Waals surface area contributed by atoms with Crippen molar-refractivity contribution in [2.45, 2.75) is 12.4 Å². The van der Waals surface area contributed by atoms with E-state index in [-0.39, 0.29) is 0 Å². The number of hydrogen-bond acceptors (Lipinski definition) is 2. The standard InChI is InChI=1S/C6H4F6O2/c1-2(4(13)14)3(5(7,8)9)6(10,11)12/h3H,1H2,(H,13,14)/p-1. The number of alkyl halides is 6. The maximum atomic E-state index is 11.8. The molecule has 0 aromatic rings. The van der Waals surface area contributed by atoms with Gasteiger partial charge in [-0.25, -0.2) is 0 Å². The number of carboxylic acids is 1. The Morgan fingerprint density at radius 3 is 1.43 bits per heavy atom. The number of carboxylic acid groups (broad SMARTS) is 1. The van der Waals surface area contributed by atoms with Gasteiger partial charge in [-0.1, -0.05) is 6.58 Å². The van der Waals surface area contributed by atoms with E-state index < -0.39 is 29.8 Å². The van der Waals surface area contributed by atoms with Crippen molar-refractivity contribution in [3.05, 3.63) is 12.2 Å². The largest absolute Gasteiger partial charge is 0.545 e. The van der Waals surface area contributed by atoms with Crippen LogP contribution in [0.2, 0.25) is 0 Å². The van der Waals surface area contributed by atoms with Crippen LogP contribution in [0.5, 0.6) is 0 Å². The van der Waals surface area contributed by atoms with E-state index >= 15 is 0 Å². The van der Waals surface area contributed by atoms with Crippen LogP contribution in [0.25, 0.3) is 0 Å². The van der Waals surface area contributed by atoms with Gasteiger partial charge in [-0.2, -0.15) is 26.3 Å². The summed E-state index contributed by atoms with van der Waals surface area (Å²) < 4.78 is 70.5. The Labute approximate surface area is 73.8 Å². The smallest absolute Gasteiger partial charge is 0.404 e. The van der Waals surface area contributed by atoms with E-state index in [0.717, 1.165) is 0 Å². The summed E-state index contributed by atoms with van der Waals surface area (Å²) in [4.78, 5) is 9.82. The third-order valence-corrected chi connectivity index (χ3v) is 1.27. The lowest BCUT2D eigenvalue weighted by Gasteiger charge is -2.25. The lowest BCUT2D eigenvalue weighted by Crippen LogP contribution is -2.42. The van der Waals surface area contributed by atoms with E-state index in [2.05, 4.69) is 6.58 Å². The van der Waals surface area contributed by atoms with Crippen LogP contribution in [-0.4, -0.2) is 18.3 Å². The zero-order valence-corrected chi connectivity index (χ0v) is 6.37. The van der Waals surface area contributed by atoms with E-state index in [4.69, 9.17) is 0 Å². The summed E-state index contributed by atoms with van der Waals surface area (Å²) in [6, 6.07) is 0. The lowest BCUT2D eigenvalue weighted by molar-refractivity contribution is -0.311. The Kier molecular flexibility index (Phi) is 3.20. The quantitative estimate of drug-likeness (QED) is 0.516. The van der Waals surface area contributed by atoms with Crippen LogP contribution in [0.15, 0.2) is 12.2 Å². The molecule has 0 heterocycles. The molecule has 0 atom stereocenters. The molecule has 0 rings (SSSR count). The summed E-state index contributed by atoms with van der Waals surface area (Å²) in [6.07, 6.45) is -11.5. The van der Waals surface area contributed by atoms with Crippen molar-refractivity contribution in [1.29, 1.82) is 0 Å². The highest BCUT2D eigenvalue weighted by atomic mass is 19.4. The normalized spacial score (nSPS) is 13.1. The Bertz CT molecular complexity index is 236. The molecule has 8 heteroatoms. The Hall–Kier alpha value is -1.21. The Morgan fingerprint density at radius 2 is 1.36 bits per heavy atom. The SMILES string of the molecule is C=C(C(=O)[O-])C(C(F)(F)F)C(F)(F)F. The van der Waals surface area contributed by atoms with Crippen molar-refractivity contribution >= 4 is 5.97 Å². The predicted octanol–water partition coefficient (Wildman–Crippen LogP) is 1.03. The van der Waals surface area contributed by atoms with Crippen LogP contribution in [0.4, 0.5) is 26.3 Å². The second kappa shape index (κ2) is 3.50. The number of rotatable bonds is 2. The molecular formula is C6H3F6O2-. The molecule has 0 saturated heterocycles. The first kappa shape index (κ1) is 12.8. The number of aliphatic carboxylic acids is 1. The molecule has 2 nitrogen and oxygen atoms in total. The van der Waals surface area contributed by atoms with E-state index in [0.29, 0.717) is 0 Å². The summed E-state index contributed by atoms with van der Waals surface area (Å²) in [5.74, 6) is -6.66. The number of carbonyl (C=O) groups excluding carboxylic acids is 1. The van der Waals surface area contributed by atoms with Crippen LogP contribution >= 0.6 is 0 Å². The molecule has 0 aliphatic carbocycles. The monoisotopic (exact) mass is 221 g/mol. The van der Waals surface area contributed by atoms with E-state index in [1.807, 2.05) is 0 Å². The van der Waals surface area contributed by atoms with Crippen molar-refractivity contribution in [3.8, 4) is 0 Å². The third kappa shape index (κ3) is 2.93. The summed E-state index contributed by atoms with van der Waals surface area (Å²) in [5, 5.41) is 9.82. The summed E-state index contributed by atoms with van der Waals surface area (Å²) in [5.41, 5.74) is -2.05. The average molecular weight is 221 g/mol. The van der Waals surface area contributed by atoms with Crippen molar-refractivity contribution in [1.82, 2.24) is 0 Å². The summed E-state index contributed by atoms with van der Waals surface area (Å²) in [7, 11) is 0. The van der Waals surface area contributed by atoms with Crippen molar-refractivity contribution in [3.63, 3.8) is 0 Å². The zero-order chi connectivity index (χ0) is 11.7. The number of carbonyl (C=O) groups is 1. The molecule has 0 N–H and O–H groups in total. The molecule has 0 fully saturated rings. The first-order chi connectivity index (χ1) is 5.98. The van der Waals surface area contributed by atoms with Crippen LogP contribution in [-0.2, 0) is 4.79 Å². The minimum atomic E-state index is -5.74. The van der Waals surface area contributed by atoms with Gasteiger partial charge in [-0.3, -0.25) is 0 Å². The Morgan fingerprint density at radius 1 is 1.07 bits per heavy atom. The lowest BCUT2D eigenvalue weighted by atomic mass is 9.99. The van der Waals surface area contributed by atoms with Crippen molar-refractivity contribution in [2.75, 3.05) is 0 Å². The molecular weight excluding hydrogens is 218 g/mol. The van der Waals surface area contributed by atoms with Crippen LogP contribution < -0.4 is 5.11 Å². The van der Waals surface area contributed by atoms with Gasteiger partial charge in [-0.05, 0) is 5.57 Å². The third-order valence-electron chi connectivity index (χ3n) is 1.27. The van der Waals surface area contributed by atoms with Gasteiger partial charge in [0.2, 0.25) is 0 Å². The first-order valence-corrected chi connectivity index (χ1v) is 3.01. The van der Waals surface area contributed by atoms with Gasteiger partial charge in [0.1, 0.15) is 0 Å². The van der Waals surface area contributed by atoms with Crippen molar-refractivity contribution in [2.24, 2.45) is 5.92 Å². The fraction of sp³-hybridized carbons (Fsp3) is 0.500. The molecule has 0 aliphatic heterocycles. The highest BCUT2D eigenvalue weighted by Crippen LogP contribution is 2.42. The van der Waals surface area contributed by atoms with Gasteiger partial charge < -0.3 is 9.90 Å². The molecule has 14 heavy (non-hydrogen) atoms. The number of halogens is 6. The molecule has 0 radical (unpaired) electrons. The minimum Gasteiger partial charge on any atom is -0.545 e. The van der Waals surface area contributed by atoms with Gasteiger partial charge in [0.05, 0.1) is 5.97 Å². The topological polar surface area (TPSA) is 40.1 Å². The fourth-order valence-corrected chi connectivity index (χ4v) is 0.699. The first-order valence-electron chi connectivity index (χ1n) is 3.01. The van der Waals surface area contributed by atoms with Crippen LogP contribution in [0.1, 0.15) is 0 Å². The summed E-state index contributed by atoms with van der Waals surface area (Å²) in [6.45, 7) is 2.19. The Balaban J connectivity index is 5.15. The van der Waals surface area contributed by atoms with E-state index in [9.17, 15) is 36.2 Å². The number of hydrogen-bond donors (Lipinski definition) is 0. The molecule has 0 unspecified atom stereocenters. The summed E-state index contributed by atoms with van der Waals surface area (Å²) >= 11 is 0. The second-order valence-electron chi connectivity index (χ2n) is 2.33. The van der Waals surface area contributed by atoms with Gasteiger partial charge in [0, 0.05) is 0 Å². The minimum absolute atomic E-state index is 2.05. The molecule has 0 aromatic carbocycles. The van der Waals surface area contributed by atoms with Crippen LogP contribution in [0, 0.1) is 5.92 Å². The highest BCUT2D eigenvalue weighted by molar-refractivity contribution is 5.84. The average Bonchev–Trinajstić information content (AvgIpc) is 1.79. The zero-order valence-electron chi connectivity index (χ0n) is 6.37. The van der Waals surface area contributed by atoms with Gasteiger partial charge in [-0.15, -0.1) is 0 Å². The maximum absolute atomic E-state index is 11.8. The van der Waals surface area contributed by atoms with Crippen LogP contribution in [0.3, 0.4) is 0 Å². The van der Waals surface area contributed by atoms with E-state index in [1.165, 1.54) is 0 Å². The molecule has 0 spiro atoms. The predicted molar refractivity (Wildman–Crippen MR) is 29.7 cm³/mol. The van der Waals surface area contributed by atoms with Crippen molar-refractivity contribution < 1.29 is 36.2 Å². The molecule has 0 aliphatic rings. The highest BCUT2D eigenvalue weighted by Gasteiger charge is 2.58. The van der Waals surface area contributed by atoms with Gasteiger partial charge >= 0.3 is 12.4 Å². The van der Waals surface area contributed by atoms with Gasteiger partial charge in [0.15, 0.2) is 5.92 Å². The molecule has 82 valence electrons.